The number of fused-ring (bicyclic) bond motifs is 1. The summed E-state index contributed by atoms with van der Waals surface area (Å²) in [4.78, 5) is 16.4. The molecule has 3 rings (SSSR count). The van der Waals surface area contributed by atoms with Crippen LogP contribution in [0.1, 0.15) is 16.1 Å². The second-order valence-electron chi connectivity index (χ2n) is 4.72. The molecule has 1 amide bonds. The summed E-state index contributed by atoms with van der Waals surface area (Å²) < 4.78 is 10.6. The number of nitrogens with one attached hydrogen (secondary N) is 1. The van der Waals surface area contributed by atoms with E-state index in [1.165, 1.54) is 13.3 Å². The first-order valence-electron chi connectivity index (χ1n) is 6.59. The number of nitrogens with zero attached hydrogens (tertiary/aromatic N) is 1. The third-order valence-corrected chi connectivity index (χ3v) is 3.62. The molecule has 0 aliphatic heterocycles. The molecule has 0 aliphatic carbocycles. The molecular weight excluding hydrogens is 304 g/mol. The van der Waals surface area contributed by atoms with Crippen LogP contribution in [0, 0.1) is 6.92 Å². The van der Waals surface area contributed by atoms with E-state index in [1.807, 2.05) is 19.1 Å². The van der Waals surface area contributed by atoms with Gasteiger partial charge in [-0.25, -0.2) is 4.98 Å². The first-order chi connectivity index (χ1) is 10.6. The number of pyridine rings is 1. The van der Waals surface area contributed by atoms with Gasteiger partial charge in [0.25, 0.3) is 5.91 Å². The van der Waals surface area contributed by atoms with Crippen molar-refractivity contribution in [3.63, 3.8) is 0 Å². The van der Waals surface area contributed by atoms with Crippen LogP contribution in [0.25, 0.3) is 11.0 Å². The zero-order valence-electron chi connectivity index (χ0n) is 12.0. The van der Waals surface area contributed by atoms with E-state index in [4.69, 9.17) is 20.8 Å². The van der Waals surface area contributed by atoms with Crippen LogP contribution in [0.4, 0.5) is 5.69 Å². The highest BCUT2D eigenvalue weighted by molar-refractivity contribution is 6.35. The number of amides is 1. The number of aromatic nitrogens is 1. The monoisotopic (exact) mass is 316 g/mol. The van der Waals surface area contributed by atoms with Gasteiger partial charge in [-0.1, -0.05) is 23.7 Å². The van der Waals surface area contributed by atoms with E-state index in [2.05, 4.69) is 10.3 Å². The number of anilines is 1. The van der Waals surface area contributed by atoms with Crippen molar-refractivity contribution in [1.82, 2.24) is 4.98 Å². The summed E-state index contributed by atoms with van der Waals surface area (Å²) in [5.41, 5.74) is 1.81. The molecule has 0 fully saturated rings. The van der Waals surface area contributed by atoms with Crippen LogP contribution in [-0.2, 0) is 0 Å². The van der Waals surface area contributed by atoms with E-state index in [-0.39, 0.29) is 11.7 Å². The number of hydrogen-bond acceptors (Lipinski definition) is 4. The fourth-order valence-electron chi connectivity index (χ4n) is 2.19. The predicted octanol–water partition coefficient (Wildman–Crippen LogP) is 4.05. The average molecular weight is 317 g/mol. The van der Waals surface area contributed by atoms with Crippen molar-refractivity contribution in [3.8, 4) is 5.88 Å². The Hall–Kier alpha value is -2.53. The minimum absolute atomic E-state index is 0.235. The van der Waals surface area contributed by atoms with Crippen molar-refractivity contribution in [2.24, 2.45) is 0 Å². The molecule has 0 aliphatic rings. The molecule has 0 saturated heterocycles. The maximum absolute atomic E-state index is 12.4. The van der Waals surface area contributed by atoms with Gasteiger partial charge in [-0.2, -0.15) is 0 Å². The van der Waals surface area contributed by atoms with Gasteiger partial charge in [0.1, 0.15) is 0 Å². The Morgan fingerprint density at radius 2 is 2.14 bits per heavy atom. The van der Waals surface area contributed by atoms with Crippen molar-refractivity contribution in [2.45, 2.75) is 6.92 Å². The summed E-state index contributed by atoms with van der Waals surface area (Å²) in [5, 5.41) is 4.04. The zero-order valence-corrected chi connectivity index (χ0v) is 12.8. The summed E-state index contributed by atoms with van der Waals surface area (Å²) in [7, 11) is 1.53. The number of rotatable bonds is 3. The average Bonchev–Trinajstić information content (AvgIpc) is 2.87. The molecule has 5 nitrogen and oxygen atoms in total. The Kier molecular flexibility index (Phi) is 3.73. The summed E-state index contributed by atoms with van der Waals surface area (Å²) in [6.45, 7) is 1.82. The van der Waals surface area contributed by atoms with Crippen molar-refractivity contribution < 1.29 is 13.9 Å². The molecule has 1 aromatic carbocycles. The number of carbonyl (C=O) groups is 1. The van der Waals surface area contributed by atoms with E-state index < -0.39 is 0 Å². The van der Waals surface area contributed by atoms with Gasteiger partial charge in [0, 0.05) is 17.0 Å². The number of benzene rings is 1. The van der Waals surface area contributed by atoms with E-state index in [0.717, 1.165) is 10.9 Å². The van der Waals surface area contributed by atoms with Crippen molar-refractivity contribution in [3.05, 3.63) is 52.9 Å². The molecule has 0 unspecified atom stereocenters. The standard InChI is InChI=1S/C16H13ClN2O3/c1-9-11-4-3-5-12(17)15(11)22-14(9)16(20)19-10-6-7-13(21-2)18-8-10/h3-8H,1-2H3,(H,19,20). The lowest BCUT2D eigenvalue weighted by atomic mass is 10.1. The number of hydrogen-bond donors (Lipinski definition) is 1. The van der Waals surface area contributed by atoms with Gasteiger partial charge in [0.15, 0.2) is 11.3 Å². The number of aryl methyl sites for hydroxylation is 1. The molecule has 2 heterocycles. The highest BCUT2D eigenvalue weighted by Crippen LogP contribution is 2.31. The minimum atomic E-state index is -0.350. The number of furan rings is 1. The molecule has 0 radical (unpaired) electrons. The van der Waals surface area contributed by atoms with Gasteiger partial charge >= 0.3 is 0 Å². The molecular formula is C16H13ClN2O3. The van der Waals surface area contributed by atoms with Gasteiger partial charge in [-0.15, -0.1) is 0 Å². The van der Waals surface area contributed by atoms with Gasteiger partial charge < -0.3 is 14.5 Å². The number of carbonyl (C=O) groups excluding carboxylic acids is 1. The van der Waals surface area contributed by atoms with Crippen molar-refractivity contribution in [2.75, 3.05) is 12.4 Å². The number of para-hydroxylation sites is 1. The zero-order chi connectivity index (χ0) is 15.7. The van der Waals surface area contributed by atoms with Crippen LogP contribution in [0.2, 0.25) is 5.02 Å². The lowest BCUT2D eigenvalue weighted by molar-refractivity contribution is 0.0998. The molecule has 2 aromatic heterocycles. The lowest BCUT2D eigenvalue weighted by Crippen LogP contribution is -2.12. The molecule has 22 heavy (non-hydrogen) atoms. The van der Waals surface area contributed by atoms with Gasteiger partial charge in [-0.3, -0.25) is 4.79 Å². The highest BCUT2D eigenvalue weighted by Gasteiger charge is 2.19. The lowest BCUT2D eigenvalue weighted by Gasteiger charge is -2.04. The van der Waals surface area contributed by atoms with Crippen LogP contribution in [0.5, 0.6) is 5.88 Å². The third kappa shape index (κ3) is 2.51. The molecule has 0 spiro atoms. The van der Waals surface area contributed by atoms with Crippen molar-refractivity contribution >= 4 is 34.2 Å². The second kappa shape index (κ2) is 5.69. The van der Waals surface area contributed by atoms with Crippen LogP contribution in [-0.4, -0.2) is 18.0 Å². The third-order valence-electron chi connectivity index (χ3n) is 3.33. The molecule has 3 aromatic rings. The fraction of sp³-hybridized carbons (Fsp3) is 0.125. The Labute approximate surface area is 131 Å². The number of ether oxygens (including phenoxy) is 1. The molecule has 0 atom stereocenters. The second-order valence-corrected chi connectivity index (χ2v) is 5.12. The smallest absolute Gasteiger partial charge is 0.291 e. The van der Waals surface area contributed by atoms with E-state index in [1.54, 1.807) is 18.2 Å². The summed E-state index contributed by atoms with van der Waals surface area (Å²) in [6.07, 6.45) is 1.52. The summed E-state index contributed by atoms with van der Waals surface area (Å²) in [6, 6.07) is 8.78. The fourth-order valence-corrected chi connectivity index (χ4v) is 2.40. The Balaban J connectivity index is 1.91. The van der Waals surface area contributed by atoms with Crippen LogP contribution >= 0.6 is 11.6 Å². The summed E-state index contributed by atoms with van der Waals surface area (Å²) in [5.74, 6) is 0.361. The van der Waals surface area contributed by atoms with E-state index in [0.29, 0.717) is 22.2 Å². The molecule has 1 N–H and O–H groups in total. The van der Waals surface area contributed by atoms with Crippen LogP contribution in [0.15, 0.2) is 40.9 Å². The van der Waals surface area contributed by atoms with E-state index >= 15 is 0 Å². The van der Waals surface area contributed by atoms with Crippen LogP contribution < -0.4 is 10.1 Å². The molecule has 112 valence electrons. The first-order valence-corrected chi connectivity index (χ1v) is 6.97. The SMILES string of the molecule is COc1ccc(NC(=O)c2oc3c(Cl)cccc3c2C)cn1. The minimum Gasteiger partial charge on any atom is -0.481 e. The highest BCUT2D eigenvalue weighted by atomic mass is 35.5. The maximum Gasteiger partial charge on any atom is 0.291 e. The van der Waals surface area contributed by atoms with Crippen molar-refractivity contribution in [1.29, 1.82) is 0 Å². The molecule has 0 bridgehead atoms. The first kappa shape index (κ1) is 14.4. The maximum atomic E-state index is 12.4. The van der Waals surface area contributed by atoms with Crippen LogP contribution in [0.3, 0.4) is 0 Å². The number of halogens is 1. The topological polar surface area (TPSA) is 64.4 Å². The quantitative estimate of drug-likeness (QED) is 0.791. The Morgan fingerprint density at radius 1 is 1.32 bits per heavy atom. The predicted molar refractivity (Wildman–Crippen MR) is 84.7 cm³/mol. The van der Waals surface area contributed by atoms with Gasteiger partial charge in [0.05, 0.1) is 24.0 Å². The molecule has 6 heteroatoms. The van der Waals surface area contributed by atoms with Gasteiger partial charge in [0.2, 0.25) is 5.88 Å². The van der Waals surface area contributed by atoms with Gasteiger partial charge in [-0.05, 0) is 19.1 Å². The van der Waals surface area contributed by atoms with E-state index in [9.17, 15) is 4.79 Å². The Morgan fingerprint density at radius 3 is 2.77 bits per heavy atom. The number of methoxy groups -OCH3 is 1. The summed E-state index contributed by atoms with van der Waals surface area (Å²) >= 11 is 6.09. The largest absolute Gasteiger partial charge is 0.481 e. The normalized spacial score (nSPS) is 10.7. The molecule has 0 saturated carbocycles. The Bertz CT molecular complexity index is 840.